The fraction of sp³-hybridized carbons (Fsp3) is 0.500. The van der Waals surface area contributed by atoms with E-state index >= 15 is 0 Å². The molecule has 3 atom stereocenters. The zero-order valence-electron chi connectivity index (χ0n) is 11.1. The molecular weight excluding hydrogens is 222 g/mol. The first-order valence-electron chi connectivity index (χ1n) is 6.70. The molecule has 1 aliphatic heterocycles. The minimum atomic E-state index is 0.147. The normalized spacial score (nSPS) is 23.6. The van der Waals surface area contributed by atoms with Gasteiger partial charge in [-0.15, -0.1) is 6.42 Å². The van der Waals surface area contributed by atoms with E-state index in [1.807, 2.05) is 12.1 Å². The molecule has 0 aliphatic carbocycles. The summed E-state index contributed by atoms with van der Waals surface area (Å²) in [5.74, 6) is 4.27. The lowest BCUT2D eigenvalue weighted by Gasteiger charge is -2.33. The summed E-state index contributed by atoms with van der Waals surface area (Å²) in [4.78, 5) is 0. The highest BCUT2D eigenvalue weighted by Crippen LogP contribution is 2.35. The fourth-order valence-corrected chi connectivity index (χ4v) is 2.47. The number of rotatable bonds is 4. The predicted molar refractivity (Wildman–Crippen MR) is 74.5 cm³/mol. The van der Waals surface area contributed by atoms with Crippen molar-refractivity contribution in [1.29, 1.82) is 0 Å². The van der Waals surface area contributed by atoms with Gasteiger partial charge in [-0.2, -0.15) is 0 Å². The van der Waals surface area contributed by atoms with E-state index in [-0.39, 0.29) is 6.04 Å². The SMILES string of the molecule is C#CC(CCC)NC1c2ccccc2OCC1C. The second-order valence-corrected chi connectivity index (χ2v) is 4.98. The van der Waals surface area contributed by atoms with Gasteiger partial charge in [0.1, 0.15) is 5.75 Å². The predicted octanol–water partition coefficient (Wildman–Crippen LogP) is 3.15. The highest BCUT2D eigenvalue weighted by Gasteiger charge is 2.28. The number of ether oxygens (including phenoxy) is 1. The quantitative estimate of drug-likeness (QED) is 0.820. The van der Waals surface area contributed by atoms with Gasteiger partial charge in [-0.3, -0.25) is 5.32 Å². The monoisotopic (exact) mass is 243 g/mol. The topological polar surface area (TPSA) is 21.3 Å². The van der Waals surface area contributed by atoms with E-state index in [9.17, 15) is 0 Å². The van der Waals surface area contributed by atoms with Crippen LogP contribution in [0.15, 0.2) is 24.3 Å². The van der Waals surface area contributed by atoms with E-state index in [2.05, 4.69) is 37.2 Å². The number of hydrogen-bond donors (Lipinski definition) is 1. The van der Waals surface area contributed by atoms with Crippen LogP contribution in [0, 0.1) is 18.3 Å². The van der Waals surface area contributed by atoms with Crippen LogP contribution in [0.4, 0.5) is 0 Å². The summed E-state index contributed by atoms with van der Waals surface area (Å²) >= 11 is 0. The highest BCUT2D eigenvalue weighted by molar-refractivity contribution is 5.38. The molecule has 0 saturated heterocycles. The van der Waals surface area contributed by atoms with Crippen LogP contribution in [0.1, 0.15) is 38.3 Å². The molecule has 1 N–H and O–H groups in total. The van der Waals surface area contributed by atoms with Crippen LogP contribution >= 0.6 is 0 Å². The van der Waals surface area contributed by atoms with Crippen molar-refractivity contribution in [3.8, 4) is 18.1 Å². The molecule has 2 heteroatoms. The molecule has 0 radical (unpaired) electrons. The van der Waals surface area contributed by atoms with Crippen LogP contribution in [-0.2, 0) is 0 Å². The van der Waals surface area contributed by atoms with Crippen LogP contribution in [0.3, 0.4) is 0 Å². The molecule has 18 heavy (non-hydrogen) atoms. The first-order valence-corrected chi connectivity index (χ1v) is 6.70. The van der Waals surface area contributed by atoms with Gasteiger partial charge in [0.25, 0.3) is 0 Å². The molecule has 96 valence electrons. The second kappa shape index (κ2) is 5.93. The number of terminal acetylenes is 1. The molecule has 1 aromatic rings. The molecular formula is C16H21NO. The van der Waals surface area contributed by atoms with Crippen molar-refractivity contribution in [1.82, 2.24) is 5.32 Å². The Kier molecular flexibility index (Phi) is 4.28. The Morgan fingerprint density at radius 3 is 3.00 bits per heavy atom. The smallest absolute Gasteiger partial charge is 0.124 e. The van der Waals surface area contributed by atoms with Gasteiger partial charge in [0.15, 0.2) is 0 Å². The van der Waals surface area contributed by atoms with E-state index in [4.69, 9.17) is 11.2 Å². The average Bonchev–Trinajstić information content (AvgIpc) is 2.41. The Morgan fingerprint density at radius 2 is 2.28 bits per heavy atom. The van der Waals surface area contributed by atoms with Crippen LogP contribution < -0.4 is 10.1 Å². The number of fused-ring (bicyclic) bond motifs is 1. The van der Waals surface area contributed by atoms with Crippen molar-refractivity contribution in [2.24, 2.45) is 5.92 Å². The van der Waals surface area contributed by atoms with Crippen molar-refractivity contribution < 1.29 is 4.74 Å². The van der Waals surface area contributed by atoms with Crippen molar-refractivity contribution >= 4 is 0 Å². The lowest BCUT2D eigenvalue weighted by Crippen LogP contribution is -2.39. The van der Waals surface area contributed by atoms with E-state index in [0.29, 0.717) is 12.0 Å². The minimum Gasteiger partial charge on any atom is -0.493 e. The molecule has 1 heterocycles. The lowest BCUT2D eigenvalue weighted by atomic mass is 9.91. The standard InChI is InChI=1S/C16H21NO/c1-4-8-13(5-2)17-16-12(3)11-18-15-10-7-6-9-14(15)16/h2,6-7,9-10,12-13,16-17H,4,8,11H2,1,3H3. The first-order chi connectivity index (χ1) is 8.76. The second-order valence-electron chi connectivity index (χ2n) is 4.98. The molecule has 1 aromatic carbocycles. The van der Waals surface area contributed by atoms with Gasteiger partial charge in [-0.1, -0.05) is 44.4 Å². The molecule has 0 fully saturated rings. The summed E-state index contributed by atoms with van der Waals surface area (Å²) in [6, 6.07) is 8.66. The first kappa shape index (κ1) is 13.0. The summed E-state index contributed by atoms with van der Waals surface area (Å²) in [5.41, 5.74) is 1.23. The van der Waals surface area contributed by atoms with Crippen LogP contribution in [0.25, 0.3) is 0 Å². The maximum Gasteiger partial charge on any atom is 0.124 e. The molecule has 2 rings (SSSR count). The number of para-hydroxylation sites is 1. The molecule has 0 amide bonds. The van der Waals surface area contributed by atoms with Gasteiger partial charge in [-0.05, 0) is 12.5 Å². The van der Waals surface area contributed by atoms with Gasteiger partial charge in [0, 0.05) is 17.5 Å². The van der Waals surface area contributed by atoms with Crippen LogP contribution in [-0.4, -0.2) is 12.6 Å². The molecule has 3 unspecified atom stereocenters. The van der Waals surface area contributed by atoms with Crippen molar-refractivity contribution in [3.63, 3.8) is 0 Å². The minimum absolute atomic E-state index is 0.147. The zero-order chi connectivity index (χ0) is 13.0. The fourth-order valence-electron chi connectivity index (χ4n) is 2.47. The number of benzene rings is 1. The Labute approximate surface area is 110 Å². The lowest BCUT2D eigenvalue weighted by molar-refractivity contribution is 0.184. The van der Waals surface area contributed by atoms with Crippen molar-refractivity contribution in [2.45, 2.75) is 38.8 Å². The van der Waals surface area contributed by atoms with Gasteiger partial charge in [0.05, 0.1) is 12.6 Å². The van der Waals surface area contributed by atoms with E-state index in [1.54, 1.807) is 0 Å². The largest absolute Gasteiger partial charge is 0.493 e. The van der Waals surface area contributed by atoms with Gasteiger partial charge in [0.2, 0.25) is 0 Å². The molecule has 0 bridgehead atoms. The molecule has 0 aromatic heterocycles. The van der Waals surface area contributed by atoms with E-state index in [1.165, 1.54) is 5.56 Å². The third kappa shape index (κ3) is 2.68. The Morgan fingerprint density at radius 1 is 1.50 bits per heavy atom. The third-order valence-electron chi connectivity index (χ3n) is 3.48. The average molecular weight is 243 g/mol. The molecule has 0 saturated carbocycles. The van der Waals surface area contributed by atoms with Crippen molar-refractivity contribution in [3.05, 3.63) is 29.8 Å². The molecule has 1 aliphatic rings. The highest BCUT2D eigenvalue weighted by atomic mass is 16.5. The maximum absolute atomic E-state index is 5.75. The Hall–Kier alpha value is -1.46. The van der Waals surface area contributed by atoms with Crippen LogP contribution in [0.2, 0.25) is 0 Å². The summed E-state index contributed by atoms with van der Waals surface area (Å²) in [6.07, 6.45) is 7.71. The number of nitrogens with one attached hydrogen (secondary N) is 1. The number of hydrogen-bond acceptors (Lipinski definition) is 2. The van der Waals surface area contributed by atoms with Crippen molar-refractivity contribution in [2.75, 3.05) is 6.61 Å². The van der Waals surface area contributed by atoms with Gasteiger partial charge in [-0.25, -0.2) is 0 Å². The maximum atomic E-state index is 5.75. The summed E-state index contributed by atoms with van der Waals surface area (Å²) in [6.45, 7) is 5.11. The summed E-state index contributed by atoms with van der Waals surface area (Å²) < 4.78 is 5.75. The van der Waals surface area contributed by atoms with E-state index in [0.717, 1.165) is 25.2 Å². The zero-order valence-corrected chi connectivity index (χ0v) is 11.1. The van der Waals surface area contributed by atoms with Crippen LogP contribution in [0.5, 0.6) is 5.75 Å². The summed E-state index contributed by atoms with van der Waals surface area (Å²) in [5, 5.41) is 3.60. The molecule has 2 nitrogen and oxygen atoms in total. The van der Waals surface area contributed by atoms with E-state index < -0.39 is 0 Å². The summed E-state index contributed by atoms with van der Waals surface area (Å²) in [7, 11) is 0. The van der Waals surface area contributed by atoms with Gasteiger partial charge >= 0.3 is 0 Å². The molecule has 0 spiro atoms. The third-order valence-corrected chi connectivity index (χ3v) is 3.48. The Balaban J connectivity index is 2.19. The van der Waals surface area contributed by atoms with Gasteiger partial charge < -0.3 is 4.74 Å². The Bertz CT molecular complexity index is 435.